The van der Waals surface area contributed by atoms with Crippen LogP contribution < -0.4 is 10.6 Å². The molecule has 162 valence electrons. The first-order valence-electron chi connectivity index (χ1n) is 10.1. The van der Waals surface area contributed by atoms with Crippen molar-refractivity contribution in [2.24, 2.45) is 0 Å². The number of hydrogen-bond acceptors (Lipinski definition) is 5. The molecule has 3 rings (SSSR count). The van der Waals surface area contributed by atoms with Crippen LogP contribution in [0, 0.1) is 6.92 Å². The van der Waals surface area contributed by atoms with Gasteiger partial charge in [0.25, 0.3) is 0 Å². The number of hydrogen-bond donors (Lipinski definition) is 2. The molecule has 1 aromatic heterocycles. The van der Waals surface area contributed by atoms with Crippen LogP contribution in [0.25, 0.3) is 0 Å². The molecule has 30 heavy (non-hydrogen) atoms. The van der Waals surface area contributed by atoms with Crippen molar-refractivity contribution >= 4 is 27.7 Å². The van der Waals surface area contributed by atoms with Gasteiger partial charge in [0.1, 0.15) is 11.5 Å². The SMILES string of the molecule is CC(=O)NC(CC(=O)NCC(c1ccc(C)o1)N1CCOCC1)c1ccc(Br)cc1. The first-order chi connectivity index (χ1) is 14.4. The highest BCUT2D eigenvalue weighted by Crippen LogP contribution is 2.24. The van der Waals surface area contributed by atoms with Crippen LogP contribution in [0.4, 0.5) is 0 Å². The van der Waals surface area contributed by atoms with Crippen molar-refractivity contribution in [2.75, 3.05) is 32.8 Å². The number of carbonyl (C=O) groups is 2. The van der Waals surface area contributed by atoms with Gasteiger partial charge in [-0.15, -0.1) is 0 Å². The number of furan rings is 1. The molecule has 8 heteroatoms. The Morgan fingerprint density at radius 3 is 2.43 bits per heavy atom. The predicted molar refractivity (Wildman–Crippen MR) is 117 cm³/mol. The van der Waals surface area contributed by atoms with Gasteiger partial charge in [-0.1, -0.05) is 28.1 Å². The number of amides is 2. The average molecular weight is 478 g/mol. The highest BCUT2D eigenvalue weighted by Gasteiger charge is 2.26. The molecule has 2 N–H and O–H groups in total. The minimum absolute atomic E-state index is 0.0570. The molecule has 1 saturated heterocycles. The van der Waals surface area contributed by atoms with E-state index in [1.54, 1.807) is 0 Å². The molecule has 1 aliphatic rings. The molecular weight excluding hydrogens is 450 g/mol. The lowest BCUT2D eigenvalue weighted by Gasteiger charge is -2.33. The summed E-state index contributed by atoms with van der Waals surface area (Å²) >= 11 is 3.41. The Hall–Kier alpha value is -2.16. The summed E-state index contributed by atoms with van der Waals surface area (Å²) in [4.78, 5) is 26.7. The zero-order chi connectivity index (χ0) is 21.5. The van der Waals surface area contributed by atoms with Gasteiger partial charge in [0.2, 0.25) is 11.8 Å². The molecular formula is C22H28BrN3O4. The molecule has 0 saturated carbocycles. The first kappa shape index (κ1) is 22.5. The van der Waals surface area contributed by atoms with E-state index in [2.05, 4.69) is 31.5 Å². The fourth-order valence-corrected chi connectivity index (χ4v) is 3.86. The number of rotatable bonds is 8. The molecule has 0 bridgehead atoms. The highest BCUT2D eigenvalue weighted by molar-refractivity contribution is 9.10. The summed E-state index contributed by atoms with van der Waals surface area (Å²) < 4.78 is 12.3. The number of benzene rings is 1. The molecule has 2 unspecified atom stereocenters. The summed E-state index contributed by atoms with van der Waals surface area (Å²) in [5, 5.41) is 5.90. The van der Waals surface area contributed by atoms with E-state index in [0.29, 0.717) is 19.8 Å². The Morgan fingerprint density at radius 2 is 1.83 bits per heavy atom. The maximum Gasteiger partial charge on any atom is 0.222 e. The van der Waals surface area contributed by atoms with Gasteiger partial charge >= 0.3 is 0 Å². The van der Waals surface area contributed by atoms with Gasteiger partial charge < -0.3 is 19.8 Å². The lowest BCUT2D eigenvalue weighted by atomic mass is 10.0. The van der Waals surface area contributed by atoms with Crippen LogP contribution in [0.15, 0.2) is 45.3 Å². The number of morpholine rings is 1. The van der Waals surface area contributed by atoms with Gasteiger partial charge in [-0.3, -0.25) is 14.5 Å². The van der Waals surface area contributed by atoms with Crippen LogP contribution in [0.5, 0.6) is 0 Å². The van der Waals surface area contributed by atoms with E-state index >= 15 is 0 Å². The van der Waals surface area contributed by atoms with Crippen molar-refractivity contribution in [2.45, 2.75) is 32.4 Å². The Labute approximate surface area is 185 Å². The average Bonchev–Trinajstić information content (AvgIpc) is 3.15. The van der Waals surface area contributed by atoms with E-state index in [0.717, 1.165) is 34.6 Å². The zero-order valence-electron chi connectivity index (χ0n) is 17.3. The van der Waals surface area contributed by atoms with E-state index in [1.807, 2.05) is 43.3 Å². The fourth-order valence-electron chi connectivity index (χ4n) is 3.59. The lowest BCUT2D eigenvalue weighted by Crippen LogP contribution is -2.44. The second kappa shape index (κ2) is 10.7. The van der Waals surface area contributed by atoms with Gasteiger partial charge in [-0.2, -0.15) is 0 Å². The van der Waals surface area contributed by atoms with E-state index < -0.39 is 0 Å². The molecule has 2 atom stereocenters. The van der Waals surface area contributed by atoms with Crippen molar-refractivity contribution in [3.05, 3.63) is 58.0 Å². The number of nitrogens with one attached hydrogen (secondary N) is 2. The van der Waals surface area contributed by atoms with E-state index in [-0.39, 0.29) is 30.3 Å². The molecule has 2 heterocycles. The second-order valence-electron chi connectivity index (χ2n) is 7.43. The summed E-state index contributed by atoms with van der Waals surface area (Å²) in [5.41, 5.74) is 0.884. The third-order valence-corrected chi connectivity index (χ3v) is 5.64. The zero-order valence-corrected chi connectivity index (χ0v) is 18.9. The lowest BCUT2D eigenvalue weighted by molar-refractivity contribution is -0.123. The molecule has 0 radical (unpaired) electrons. The Bertz CT molecular complexity index is 846. The standard InChI is InChI=1S/C22H28BrN3O4/c1-15-3-8-21(30-15)20(26-9-11-29-12-10-26)14-24-22(28)13-19(25-16(2)27)17-4-6-18(23)7-5-17/h3-8,19-20H,9-14H2,1-2H3,(H,24,28)(H,25,27). The van der Waals surface area contributed by atoms with Crippen LogP contribution in [0.1, 0.15) is 42.5 Å². The summed E-state index contributed by atoms with van der Waals surface area (Å²) in [6.45, 7) is 6.70. The molecule has 2 aromatic rings. The number of carbonyl (C=O) groups excluding carboxylic acids is 2. The van der Waals surface area contributed by atoms with Gasteiger partial charge in [-0.25, -0.2) is 0 Å². The second-order valence-corrected chi connectivity index (χ2v) is 8.34. The normalized spacial score (nSPS) is 16.6. The van der Waals surface area contributed by atoms with Gasteiger partial charge in [0.15, 0.2) is 0 Å². The molecule has 2 amide bonds. The fraction of sp³-hybridized carbons (Fsp3) is 0.455. The summed E-state index contributed by atoms with van der Waals surface area (Å²) in [7, 11) is 0. The van der Waals surface area contributed by atoms with Crippen molar-refractivity contribution < 1.29 is 18.7 Å². The highest BCUT2D eigenvalue weighted by atomic mass is 79.9. The molecule has 1 aliphatic heterocycles. The number of ether oxygens (including phenoxy) is 1. The molecule has 0 aliphatic carbocycles. The van der Waals surface area contributed by atoms with Crippen LogP contribution in [-0.4, -0.2) is 49.6 Å². The Kier molecular flexibility index (Phi) is 8.07. The Balaban J connectivity index is 1.65. The molecule has 7 nitrogen and oxygen atoms in total. The minimum atomic E-state index is -0.386. The van der Waals surface area contributed by atoms with Crippen molar-refractivity contribution in [3.8, 4) is 0 Å². The number of nitrogens with zero attached hydrogens (tertiary/aromatic N) is 1. The monoisotopic (exact) mass is 477 g/mol. The minimum Gasteiger partial charge on any atom is -0.465 e. The Morgan fingerprint density at radius 1 is 1.13 bits per heavy atom. The van der Waals surface area contributed by atoms with E-state index in [9.17, 15) is 9.59 Å². The first-order valence-corrected chi connectivity index (χ1v) is 10.9. The van der Waals surface area contributed by atoms with Crippen molar-refractivity contribution in [1.82, 2.24) is 15.5 Å². The quantitative estimate of drug-likeness (QED) is 0.610. The molecule has 1 fully saturated rings. The van der Waals surface area contributed by atoms with Crippen LogP contribution in [-0.2, 0) is 14.3 Å². The van der Waals surface area contributed by atoms with E-state index in [4.69, 9.17) is 9.15 Å². The van der Waals surface area contributed by atoms with Crippen molar-refractivity contribution in [3.63, 3.8) is 0 Å². The number of aryl methyl sites for hydroxylation is 1. The smallest absolute Gasteiger partial charge is 0.222 e. The maximum atomic E-state index is 12.8. The summed E-state index contributed by atoms with van der Waals surface area (Å²) in [6, 6.07) is 11.1. The van der Waals surface area contributed by atoms with Crippen LogP contribution in [0.3, 0.4) is 0 Å². The van der Waals surface area contributed by atoms with Crippen LogP contribution >= 0.6 is 15.9 Å². The topological polar surface area (TPSA) is 83.8 Å². The summed E-state index contributed by atoms with van der Waals surface area (Å²) in [6.07, 6.45) is 0.161. The number of halogens is 1. The van der Waals surface area contributed by atoms with Gasteiger partial charge in [0.05, 0.1) is 31.7 Å². The van der Waals surface area contributed by atoms with Gasteiger partial charge in [0, 0.05) is 31.0 Å². The van der Waals surface area contributed by atoms with Gasteiger partial charge in [-0.05, 0) is 36.8 Å². The largest absolute Gasteiger partial charge is 0.465 e. The third kappa shape index (κ3) is 6.42. The predicted octanol–water partition coefficient (Wildman–Crippen LogP) is 3.11. The maximum absolute atomic E-state index is 12.8. The van der Waals surface area contributed by atoms with Crippen LogP contribution in [0.2, 0.25) is 0 Å². The van der Waals surface area contributed by atoms with Crippen molar-refractivity contribution in [1.29, 1.82) is 0 Å². The van der Waals surface area contributed by atoms with E-state index in [1.165, 1.54) is 6.92 Å². The molecule has 0 spiro atoms. The third-order valence-electron chi connectivity index (χ3n) is 5.11. The summed E-state index contributed by atoms with van der Waals surface area (Å²) in [5.74, 6) is 1.38. The molecule has 1 aromatic carbocycles.